The highest BCUT2D eigenvalue weighted by atomic mass is 19.1. The number of amides is 1. The molecule has 0 saturated heterocycles. The maximum Gasteiger partial charge on any atom is 0.259 e. The van der Waals surface area contributed by atoms with Crippen molar-refractivity contribution >= 4 is 11.6 Å². The number of aromatic hydroxyl groups is 1. The number of carbonyl (C=O) groups is 1. The predicted octanol–water partition coefficient (Wildman–Crippen LogP) is 2.24. The second kappa shape index (κ2) is 5.49. The molecule has 0 aliphatic rings. The van der Waals surface area contributed by atoms with Gasteiger partial charge in [0.05, 0.1) is 5.56 Å². The molecule has 2 aromatic rings. The fourth-order valence-electron chi connectivity index (χ4n) is 1.67. The number of hydrogen-bond acceptors (Lipinski definition) is 3. The van der Waals surface area contributed by atoms with E-state index in [9.17, 15) is 14.3 Å². The van der Waals surface area contributed by atoms with E-state index in [0.29, 0.717) is 11.3 Å². The second-order valence-electron chi connectivity index (χ2n) is 3.98. The maximum absolute atomic E-state index is 13.3. The van der Waals surface area contributed by atoms with E-state index in [4.69, 9.17) is 5.73 Å². The molecule has 0 aliphatic carbocycles. The van der Waals surface area contributed by atoms with Crippen molar-refractivity contribution in [2.75, 3.05) is 5.32 Å². The number of phenols is 1. The molecule has 0 aliphatic heterocycles. The second-order valence-corrected chi connectivity index (χ2v) is 3.98. The van der Waals surface area contributed by atoms with Crippen LogP contribution in [0.15, 0.2) is 42.5 Å². The molecule has 0 fully saturated rings. The monoisotopic (exact) mass is 260 g/mol. The molecule has 2 aromatic carbocycles. The predicted molar refractivity (Wildman–Crippen MR) is 70.4 cm³/mol. The third-order valence-corrected chi connectivity index (χ3v) is 2.67. The van der Waals surface area contributed by atoms with Crippen LogP contribution in [0, 0.1) is 5.82 Å². The van der Waals surface area contributed by atoms with Gasteiger partial charge in [0.25, 0.3) is 5.91 Å². The molecule has 0 aromatic heterocycles. The average Bonchev–Trinajstić information content (AvgIpc) is 2.41. The first kappa shape index (κ1) is 13.0. The van der Waals surface area contributed by atoms with Gasteiger partial charge in [0.15, 0.2) is 0 Å². The molecule has 0 atom stereocenters. The van der Waals surface area contributed by atoms with Crippen LogP contribution in [0.25, 0.3) is 0 Å². The number of hydrogen-bond donors (Lipinski definition) is 3. The number of para-hydroxylation sites is 1. The minimum Gasteiger partial charge on any atom is -0.507 e. The molecule has 19 heavy (non-hydrogen) atoms. The van der Waals surface area contributed by atoms with Crippen LogP contribution in [0.3, 0.4) is 0 Å². The molecule has 0 bridgehead atoms. The van der Waals surface area contributed by atoms with Crippen LogP contribution in [0.2, 0.25) is 0 Å². The first-order chi connectivity index (χ1) is 9.11. The van der Waals surface area contributed by atoms with Crippen LogP contribution in [0.4, 0.5) is 10.1 Å². The summed E-state index contributed by atoms with van der Waals surface area (Å²) in [7, 11) is 0. The molecule has 98 valence electrons. The summed E-state index contributed by atoms with van der Waals surface area (Å²) in [6, 6.07) is 10.3. The summed E-state index contributed by atoms with van der Waals surface area (Å²) in [6.45, 7) is 0.0477. The number of halogens is 1. The lowest BCUT2D eigenvalue weighted by atomic mass is 10.1. The summed E-state index contributed by atoms with van der Waals surface area (Å²) in [5.74, 6) is -0.989. The Morgan fingerprint density at radius 2 is 2.00 bits per heavy atom. The van der Waals surface area contributed by atoms with Crippen molar-refractivity contribution in [1.82, 2.24) is 0 Å². The van der Waals surface area contributed by atoms with E-state index in [1.165, 1.54) is 30.3 Å². The summed E-state index contributed by atoms with van der Waals surface area (Å²) in [5.41, 5.74) is 6.29. The van der Waals surface area contributed by atoms with E-state index in [1.54, 1.807) is 12.1 Å². The van der Waals surface area contributed by atoms with Gasteiger partial charge in [0.1, 0.15) is 11.6 Å². The fraction of sp³-hybridized carbons (Fsp3) is 0.0714. The highest BCUT2D eigenvalue weighted by Gasteiger charge is 2.11. The summed E-state index contributed by atoms with van der Waals surface area (Å²) in [6.07, 6.45) is 0. The molecule has 0 heterocycles. The van der Waals surface area contributed by atoms with Gasteiger partial charge in [-0.1, -0.05) is 12.1 Å². The molecule has 0 saturated carbocycles. The lowest BCUT2D eigenvalue weighted by molar-refractivity contribution is 0.102. The molecule has 4 N–H and O–H groups in total. The number of nitrogens with two attached hydrogens (primary N) is 1. The number of carbonyl (C=O) groups excluding carboxylic acids is 1. The van der Waals surface area contributed by atoms with Crippen molar-refractivity contribution < 1.29 is 14.3 Å². The molecule has 0 radical (unpaired) electrons. The topological polar surface area (TPSA) is 75.3 Å². The minimum absolute atomic E-state index is 0.0477. The summed E-state index contributed by atoms with van der Waals surface area (Å²) in [5, 5.41) is 12.1. The molecule has 5 heteroatoms. The molecule has 2 rings (SSSR count). The van der Waals surface area contributed by atoms with Crippen LogP contribution in [-0.2, 0) is 6.54 Å². The Morgan fingerprint density at radius 3 is 2.68 bits per heavy atom. The van der Waals surface area contributed by atoms with Crippen LogP contribution in [0.5, 0.6) is 5.75 Å². The largest absolute Gasteiger partial charge is 0.507 e. The first-order valence-electron chi connectivity index (χ1n) is 5.69. The molecular formula is C14H13FN2O2. The number of nitrogens with one attached hydrogen (secondary N) is 1. The van der Waals surface area contributed by atoms with E-state index in [1.807, 2.05) is 0 Å². The van der Waals surface area contributed by atoms with E-state index in [-0.39, 0.29) is 17.9 Å². The van der Waals surface area contributed by atoms with E-state index in [0.717, 1.165) is 0 Å². The molecule has 0 unspecified atom stereocenters. The Kier molecular flexibility index (Phi) is 3.77. The van der Waals surface area contributed by atoms with Crippen molar-refractivity contribution in [2.45, 2.75) is 6.54 Å². The van der Waals surface area contributed by atoms with Gasteiger partial charge in [-0.25, -0.2) is 4.39 Å². The van der Waals surface area contributed by atoms with Gasteiger partial charge in [-0.3, -0.25) is 4.79 Å². The highest BCUT2D eigenvalue weighted by Crippen LogP contribution is 2.19. The molecule has 0 spiro atoms. The number of rotatable bonds is 3. The smallest absolute Gasteiger partial charge is 0.259 e. The Morgan fingerprint density at radius 1 is 1.26 bits per heavy atom. The average molecular weight is 260 g/mol. The van der Waals surface area contributed by atoms with Crippen molar-refractivity contribution in [3.05, 3.63) is 59.4 Å². The normalized spacial score (nSPS) is 10.2. The Bertz CT molecular complexity index is 614. The number of phenolic OH excluding ortho intramolecular Hbond substituents is 1. The van der Waals surface area contributed by atoms with E-state index >= 15 is 0 Å². The van der Waals surface area contributed by atoms with Gasteiger partial charge < -0.3 is 16.2 Å². The highest BCUT2D eigenvalue weighted by molar-refractivity contribution is 6.06. The number of benzene rings is 2. The zero-order valence-corrected chi connectivity index (χ0v) is 10.1. The van der Waals surface area contributed by atoms with Gasteiger partial charge in [0.2, 0.25) is 0 Å². The summed E-state index contributed by atoms with van der Waals surface area (Å²) in [4.78, 5) is 11.9. The Hall–Kier alpha value is -2.40. The van der Waals surface area contributed by atoms with E-state index in [2.05, 4.69) is 5.32 Å². The van der Waals surface area contributed by atoms with Crippen molar-refractivity contribution in [1.29, 1.82) is 0 Å². The van der Waals surface area contributed by atoms with Gasteiger partial charge >= 0.3 is 0 Å². The first-order valence-corrected chi connectivity index (χ1v) is 5.69. The van der Waals surface area contributed by atoms with Crippen molar-refractivity contribution in [3.63, 3.8) is 0 Å². The fourth-order valence-corrected chi connectivity index (χ4v) is 1.67. The summed E-state index contributed by atoms with van der Waals surface area (Å²) >= 11 is 0. The molecular weight excluding hydrogens is 247 g/mol. The van der Waals surface area contributed by atoms with Gasteiger partial charge in [-0.15, -0.1) is 0 Å². The van der Waals surface area contributed by atoms with E-state index < -0.39 is 11.7 Å². The van der Waals surface area contributed by atoms with Crippen molar-refractivity contribution in [3.8, 4) is 5.75 Å². The Balaban J connectivity index is 2.22. The van der Waals surface area contributed by atoms with Crippen LogP contribution in [0.1, 0.15) is 15.9 Å². The lowest BCUT2D eigenvalue weighted by Gasteiger charge is -2.08. The van der Waals surface area contributed by atoms with Gasteiger partial charge in [0, 0.05) is 17.8 Å². The quantitative estimate of drug-likeness (QED) is 0.792. The van der Waals surface area contributed by atoms with Gasteiger partial charge in [-0.05, 0) is 30.3 Å². The zero-order valence-electron chi connectivity index (χ0n) is 10.1. The lowest BCUT2D eigenvalue weighted by Crippen LogP contribution is -2.12. The molecule has 1 amide bonds. The SMILES string of the molecule is NCc1cc(NC(=O)c2ccccc2O)ccc1F. The maximum atomic E-state index is 13.3. The standard InChI is InChI=1S/C14H13FN2O2/c15-12-6-5-10(7-9(12)8-16)17-14(19)11-3-1-2-4-13(11)18/h1-7,18H,8,16H2,(H,17,19). The number of anilines is 1. The third-order valence-electron chi connectivity index (χ3n) is 2.67. The Labute approximate surface area is 109 Å². The van der Waals surface area contributed by atoms with Gasteiger partial charge in [-0.2, -0.15) is 0 Å². The van der Waals surface area contributed by atoms with Crippen molar-refractivity contribution in [2.24, 2.45) is 5.73 Å². The summed E-state index contributed by atoms with van der Waals surface area (Å²) < 4.78 is 13.3. The van der Waals surface area contributed by atoms with Crippen LogP contribution in [-0.4, -0.2) is 11.0 Å². The van der Waals surface area contributed by atoms with Crippen LogP contribution >= 0.6 is 0 Å². The van der Waals surface area contributed by atoms with Crippen LogP contribution < -0.4 is 11.1 Å². The molecule has 4 nitrogen and oxygen atoms in total. The minimum atomic E-state index is -0.465. The zero-order chi connectivity index (χ0) is 13.8. The third kappa shape index (κ3) is 2.89.